The van der Waals surface area contributed by atoms with E-state index in [1.807, 2.05) is 13.0 Å². The molecule has 0 radical (unpaired) electrons. The van der Waals surface area contributed by atoms with Crippen molar-refractivity contribution in [2.75, 3.05) is 11.6 Å². The van der Waals surface area contributed by atoms with Gasteiger partial charge in [-0.25, -0.2) is 17.8 Å². The Balaban J connectivity index is 1.41. The van der Waals surface area contributed by atoms with Crippen molar-refractivity contribution in [3.05, 3.63) is 65.4 Å². The first-order valence-electron chi connectivity index (χ1n) is 10.2. The number of amides is 1. The molecule has 9 nitrogen and oxygen atoms in total. The van der Waals surface area contributed by atoms with Crippen LogP contribution < -0.4 is 5.32 Å². The number of carbonyl (C=O) groups excluding carboxylic acids is 1. The number of sulfone groups is 1. The van der Waals surface area contributed by atoms with Crippen LogP contribution in [0.3, 0.4) is 0 Å². The summed E-state index contributed by atoms with van der Waals surface area (Å²) < 4.78 is 43.3. The largest absolute Gasteiger partial charge is 0.339 e. The second-order valence-electron chi connectivity index (χ2n) is 8.28. The highest BCUT2D eigenvalue weighted by molar-refractivity contribution is 7.89. The lowest BCUT2D eigenvalue weighted by Gasteiger charge is -2.10. The first-order valence-corrected chi connectivity index (χ1v) is 12.3. The number of benzene rings is 1. The molecular weight excluding hydrogens is 449 g/mol. The van der Waals surface area contributed by atoms with Gasteiger partial charge in [-0.3, -0.25) is 9.20 Å². The van der Waals surface area contributed by atoms with E-state index in [0.717, 1.165) is 11.8 Å². The molecular formula is C22H20FN5O4S. The minimum atomic E-state index is -3.22. The van der Waals surface area contributed by atoms with Crippen LogP contribution in [0.1, 0.15) is 39.8 Å². The number of fused-ring (bicyclic) bond motifs is 1. The molecule has 4 aromatic rings. The zero-order valence-corrected chi connectivity index (χ0v) is 18.6. The first kappa shape index (κ1) is 21.3. The predicted molar refractivity (Wildman–Crippen MR) is 118 cm³/mol. The third-order valence-corrected chi connectivity index (χ3v) is 6.30. The van der Waals surface area contributed by atoms with Gasteiger partial charge in [0.15, 0.2) is 9.84 Å². The maximum absolute atomic E-state index is 13.3. The summed E-state index contributed by atoms with van der Waals surface area (Å²) in [5, 5.41) is 6.80. The second kappa shape index (κ2) is 7.77. The van der Waals surface area contributed by atoms with Crippen LogP contribution in [0.4, 0.5) is 10.1 Å². The minimum Gasteiger partial charge on any atom is -0.339 e. The molecule has 1 aliphatic rings. The van der Waals surface area contributed by atoms with Gasteiger partial charge in [-0.1, -0.05) is 23.4 Å². The number of pyridine rings is 1. The molecule has 5 rings (SSSR count). The van der Waals surface area contributed by atoms with Crippen molar-refractivity contribution in [1.29, 1.82) is 0 Å². The summed E-state index contributed by atoms with van der Waals surface area (Å²) >= 11 is 0. The Bertz CT molecular complexity index is 1490. The van der Waals surface area contributed by atoms with Crippen LogP contribution in [0.15, 0.2) is 47.2 Å². The molecule has 0 unspecified atom stereocenters. The molecule has 3 aromatic heterocycles. The summed E-state index contributed by atoms with van der Waals surface area (Å²) in [7, 11) is -3.22. The van der Waals surface area contributed by atoms with E-state index in [0.29, 0.717) is 34.7 Å². The Hall–Kier alpha value is -3.60. The summed E-state index contributed by atoms with van der Waals surface area (Å²) in [6.45, 7) is 1.84. The third-order valence-electron chi connectivity index (χ3n) is 5.44. The standard InChI is InChI=1S/C22H20FN5O4S/c1-12-3-5-14(20-26-22(32-27-20)15-8-16(15)23)7-17(12)25-21(29)18-9-24-19-6-4-13(10-28(18)19)11-33(2,30)31/h3-7,9-10,15-16H,8,11H2,1-2H3,(H,25,29)/t15-,16-/m0/s1. The number of alkyl halides is 1. The fourth-order valence-electron chi connectivity index (χ4n) is 3.59. The van der Waals surface area contributed by atoms with Crippen molar-refractivity contribution < 1.29 is 22.1 Å². The number of aromatic nitrogens is 4. The van der Waals surface area contributed by atoms with Gasteiger partial charge in [0.05, 0.1) is 17.9 Å². The van der Waals surface area contributed by atoms with Crippen molar-refractivity contribution in [3.8, 4) is 11.4 Å². The minimum absolute atomic E-state index is 0.139. The van der Waals surface area contributed by atoms with Gasteiger partial charge in [0.1, 0.15) is 17.5 Å². The van der Waals surface area contributed by atoms with Crippen molar-refractivity contribution >= 4 is 27.1 Å². The number of anilines is 1. The average Bonchev–Trinajstić information content (AvgIpc) is 3.15. The number of hydrogen-bond donors (Lipinski definition) is 1. The molecule has 0 aliphatic heterocycles. The predicted octanol–water partition coefficient (Wildman–Crippen LogP) is 3.32. The van der Waals surface area contributed by atoms with E-state index < -0.39 is 21.9 Å². The molecule has 0 spiro atoms. The molecule has 1 saturated carbocycles. The molecule has 1 aromatic carbocycles. The number of nitrogens with zero attached hydrogens (tertiary/aromatic N) is 4. The van der Waals surface area contributed by atoms with E-state index in [2.05, 4.69) is 20.4 Å². The van der Waals surface area contributed by atoms with Crippen LogP contribution in [0.25, 0.3) is 17.0 Å². The first-order chi connectivity index (χ1) is 15.7. The Morgan fingerprint density at radius 2 is 2.09 bits per heavy atom. The Morgan fingerprint density at radius 3 is 2.82 bits per heavy atom. The van der Waals surface area contributed by atoms with E-state index in [4.69, 9.17) is 4.52 Å². The van der Waals surface area contributed by atoms with E-state index in [9.17, 15) is 17.6 Å². The van der Waals surface area contributed by atoms with Gasteiger partial charge in [-0.15, -0.1) is 0 Å². The van der Waals surface area contributed by atoms with Gasteiger partial charge in [0.2, 0.25) is 11.7 Å². The Morgan fingerprint density at radius 1 is 1.30 bits per heavy atom. The normalized spacial score (nSPS) is 17.9. The van der Waals surface area contributed by atoms with Gasteiger partial charge >= 0.3 is 0 Å². The lowest BCUT2D eigenvalue weighted by atomic mass is 10.1. The van der Waals surface area contributed by atoms with E-state index in [1.165, 1.54) is 6.20 Å². The quantitative estimate of drug-likeness (QED) is 0.460. The maximum Gasteiger partial charge on any atom is 0.274 e. The van der Waals surface area contributed by atoms with Crippen LogP contribution >= 0.6 is 0 Å². The molecule has 0 bridgehead atoms. The summed E-state index contributed by atoms with van der Waals surface area (Å²) in [5.74, 6) is -0.288. The van der Waals surface area contributed by atoms with Gasteiger partial charge < -0.3 is 9.84 Å². The molecule has 1 fully saturated rings. The highest BCUT2D eigenvalue weighted by Crippen LogP contribution is 2.43. The highest BCUT2D eigenvalue weighted by atomic mass is 32.2. The van der Waals surface area contributed by atoms with Crippen LogP contribution in [-0.2, 0) is 15.6 Å². The molecule has 1 aliphatic carbocycles. The number of hydrogen-bond acceptors (Lipinski definition) is 7. The number of nitrogens with one attached hydrogen (secondary N) is 1. The molecule has 3 heterocycles. The summed E-state index contributed by atoms with van der Waals surface area (Å²) in [6, 6.07) is 8.67. The van der Waals surface area contributed by atoms with E-state index >= 15 is 0 Å². The molecule has 0 saturated heterocycles. The molecule has 1 amide bonds. The lowest BCUT2D eigenvalue weighted by molar-refractivity contribution is 0.102. The second-order valence-corrected chi connectivity index (χ2v) is 10.4. The zero-order valence-electron chi connectivity index (χ0n) is 17.8. The zero-order chi connectivity index (χ0) is 23.3. The summed E-state index contributed by atoms with van der Waals surface area (Å²) in [6.07, 6.45) is 3.64. The van der Waals surface area contributed by atoms with Crippen LogP contribution in [0, 0.1) is 6.92 Å². The Labute approximate surface area is 188 Å². The number of rotatable bonds is 6. The molecule has 2 atom stereocenters. The van der Waals surface area contributed by atoms with Gasteiger partial charge in [0.25, 0.3) is 5.91 Å². The fourth-order valence-corrected chi connectivity index (χ4v) is 4.36. The number of aryl methyl sites for hydroxylation is 1. The molecule has 33 heavy (non-hydrogen) atoms. The smallest absolute Gasteiger partial charge is 0.274 e. The fraction of sp³-hybridized carbons (Fsp3) is 0.273. The van der Waals surface area contributed by atoms with Gasteiger partial charge in [0, 0.05) is 23.7 Å². The lowest BCUT2D eigenvalue weighted by Crippen LogP contribution is -2.15. The molecule has 11 heteroatoms. The highest BCUT2D eigenvalue weighted by Gasteiger charge is 2.43. The van der Waals surface area contributed by atoms with Crippen molar-refractivity contribution in [3.63, 3.8) is 0 Å². The van der Waals surface area contributed by atoms with Gasteiger partial charge in [-0.2, -0.15) is 4.98 Å². The summed E-state index contributed by atoms with van der Waals surface area (Å²) in [4.78, 5) is 21.5. The van der Waals surface area contributed by atoms with E-state index in [1.54, 1.807) is 34.9 Å². The Kier molecular flexibility index (Phi) is 5.00. The number of halogens is 1. The van der Waals surface area contributed by atoms with Crippen molar-refractivity contribution in [2.24, 2.45) is 0 Å². The number of carbonyl (C=O) groups is 1. The SMILES string of the molecule is Cc1ccc(-c2noc([C@H]3C[C@@H]3F)n2)cc1NC(=O)c1cnc2ccc(CS(C)(=O)=O)cn12. The molecule has 1 N–H and O–H groups in total. The van der Waals surface area contributed by atoms with Crippen LogP contribution in [0.5, 0.6) is 0 Å². The maximum atomic E-state index is 13.3. The topological polar surface area (TPSA) is 119 Å². The van der Waals surface area contributed by atoms with Crippen LogP contribution in [-0.4, -0.2) is 46.3 Å². The van der Waals surface area contributed by atoms with Crippen LogP contribution in [0.2, 0.25) is 0 Å². The van der Waals surface area contributed by atoms with Crippen molar-refractivity contribution in [1.82, 2.24) is 19.5 Å². The van der Waals surface area contributed by atoms with Crippen molar-refractivity contribution in [2.45, 2.75) is 31.2 Å². The third kappa shape index (κ3) is 4.36. The monoisotopic (exact) mass is 469 g/mol. The summed E-state index contributed by atoms with van der Waals surface area (Å²) in [5.41, 5.74) is 3.31. The van der Waals surface area contributed by atoms with E-state index in [-0.39, 0.29) is 23.3 Å². The van der Waals surface area contributed by atoms with Gasteiger partial charge in [-0.05, 0) is 36.6 Å². The number of imidazole rings is 1. The average molecular weight is 469 g/mol. The molecule has 170 valence electrons.